The lowest BCUT2D eigenvalue weighted by molar-refractivity contribution is 0.0694. The Balaban J connectivity index is 2.31. The quantitative estimate of drug-likeness (QED) is 0.855. The van der Waals surface area contributed by atoms with Crippen LogP contribution in [0.5, 0.6) is 11.5 Å². The van der Waals surface area contributed by atoms with Gasteiger partial charge in [-0.15, -0.1) is 0 Å². The molecule has 4 heteroatoms. The molecule has 0 radical (unpaired) electrons. The predicted octanol–water partition coefficient (Wildman–Crippen LogP) is 5.13. The lowest BCUT2D eigenvalue weighted by atomic mass is 9.87. The molecule has 0 aliphatic rings. The summed E-state index contributed by atoms with van der Waals surface area (Å²) in [6.07, 6.45) is 0. The van der Waals surface area contributed by atoms with Gasteiger partial charge in [-0.3, -0.25) is 0 Å². The Bertz CT molecular complexity index is 655. The van der Waals surface area contributed by atoms with Crippen molar-refractivity contribution < 1.29 is 14.6 Å². The van der Waals surface area contributed by atoms with Crippen molar-refractivity contribution in [1.82, 2.24) is 0 Å². The minimum absolute atomic E-state index is 0.0286. The fourth-order valence-electron chi connectivity index (χ4n) is 1.95. The minimum atomic E-state index is -1.11. The van der Waals surface area contributed by atoms with E-state index in [2.05, 4.69) is 20.8 Å². The molecule has 1 N–H and O–H groups in total. The first-order valence-corrected chi connectivity index (χ1v) is 6.97. The molecule has 0 atom stereocenters. The fourth-order valence-corrected chi connectivity index (χ4v) is 2.19. The summed E-state index contributed by atoms with van der Waals surface area (Å²) in [5, 5.41) is 9.37. The molecule has 3 nitrogen and oxygen atoms in total. The lowest BCUT2D eigenvalue weighted by Gasteiger charge is -2.19. The third-order valence-electron chi connectivity index (χ3n) is 3.14. The molecule has 0 aliphatic heterocycles. The third-order valence-corrected chi connectivity index (χ3v) is 3.45. The van der Waals surface area contributed by atoms with Crippen molar-refractivity contribution in [2.75, 3.05) is 0 Å². The van der Waals surface area contributed by atoms with E-state index in [1.165, 1.54) is 11.6 Å². The van der Waals surface area contributed by atoms with Gasteiger partial charge in [0.15, 0.2) is 0 Å². The molecule has 0 bridgehead atoms. The van der Waals surface area contributed by atoms with Gasteiger partial charge in [0.05, 0.1) is 5.02 Å². The molecule has 2 aromatic rings. The van der Waals surface area contributed by atoms with Crippen LogP contribution in [0.4, 0.5) is 0 Å². The molecule has 0 unspecified atom stereocenters. The van der Waals surface area contributed by atoms with E-state index in [1.807, 2.05) is 24.3 Å². The highest BCUT2D eigenvalue weighted by Crippen LogP contribution is 2.31. The van der Waals surface area contributed by atoms with Gasteiger partial charge in [-0.05, 0) is 35.2 Å². The second-order valence-corrected chi connectivity index (χ2v) is 6.20. The largest absolute Gasteiger partial charge is 0.478 e. The number of halogens is 1. The Morgan fingerprint density at radius 2 is 1.71 bits per heavy atom. The summed E-state index contributed by atoms with van der Waals surface area (Å²) in [4.78, 5) is 11.3. The first kappa shape index (κ1) is 15.4. The lowest BCUT2D eigenvalue weighted by Crippen LogP contribution is -2.10. The highest BCUT2D eigenvalue weighted by molar-refractivity contribution is 6.33. The number of carbonyl (C=O) groups is 1. The van der Waals surface area contributed by atoms with Gasteiger partial charge in [-0.1, -0.05) is 50.6 Å². The highest BCUT2D eigenvalue weighted by Gasteiger charge is 2.17. The molecule has 0 heterocycles. The van der Waals surface area contributed by atoms with Gasteiger partial charge in [0.25, 0.3) is 0 Å². The molecule has 0 spiro atoms. The molecule has 21 heavy (non-hydrogen) atoms. The molecule has 0 saturated carbocycles. The van der Waals surface area contributed by atoms with Crippen LogP contribution < -0.4 is 4.74 Å². The minimum Gasteiger partial charge on any atom is -0.478 e. The summed E-state index contributed by atoms with van der Waals surface area (Å²) in [5.74, 6) is -0.298. The number of hydrogen-bond donors (Lipinski definition) is 1. The molecule has 0 aromatic heterocycles. The Labute approximate surface area is 129 Å². The maximum atomic E-state index is 11.3. The summed E-state index contributed by atoms with van der Waals surface area (Å²) < 4.78 is 5.65. The number of rotatable bonds is 3. The smallest absolute Gasteiger partial charge is 0.341 e. The van der Waals surface area contributed by atoms with Crippen LogP contribution in [0.2, 0.25) is 5.02 Å². The number of carboxylic acid groups (broad SMARTS) is 1. The van der Waals surface area contributed by atoms with E-state index < -0.39 is 5.97 Å². The van der Waals surface area contributed by atoms with Gasteiger partial charge < -0.3 is 9.84 Å². The van der Waals surface area contributed by atoms with Crippen molar-refractivity contribution in [3.05, 3.63) is 58.6 Å². The molecule has 2 aromatic carbocycles. The zero-order valence-corrected chi connectivity index (χ0v) is 12.9. The topological polar surface area (TPSA) is 46.5 Å². The molecule has 2 rings (SSSR count). The van der Waals surface area contributed by atoms with Gasteiger partial charge in [0.2, 0.25) is 0 Å². The van der Waals surface area contributed by atoms with Gasteiger partial charge in [-0.25, -0.2) is 4.79 Å². The van der Waals surface area contributed by atoms with Crippen molar-refractivity contribution in [3.63, 3.8) is 0 Å². The summed E-state index contributed by atoms with van der Waals surface area (Å²) in [6.45, 7) is 6.38. The third kappa shape index (κ3) is 3.56. The van der Waals surface area contributed by atoms with Crippen molar-refractivity contribution >= 4 is 17.6 Å². The normalized spacial score (nSPS) is 11.2. The van der Waals surface area contributed by atoms with Crippen LogP contribution in [0.15, 0.2) is 42.5 Å². The van der Waals surface area contributed by atoms with Gasteiger partial charge in [0.1, 0.15) is 17.1 Å². The van der Waals surface area contributed by atoms with E-state index >= 15 is 0 Å². The van der Waals surface area contributed by atoms with Crippen molar-refractivity contribution in [2.45, 2.75) is 26.2 Å². The van der Waals surface area contributed by atoms with E-state index in [9.17, 15) is 9.90 Å². The summed E-state index contributed by atoms with van der Waals surface area (Å²) in [7, 11) is 0. The second-order valence-electron chi connectivity index (χ2n) is 5.79. The van der Waals surface area contributed by atoms with Crippen LogP contribution in [0, 0.1) is 0 Å². The van der Waals surface area contributed by atoms with E-state index in [4.69, 9.17) is 16.3 Å². The highest BCUT2D eigenvalue weighted by atomic mass is 35.5. The van der Waals surface area contributed by atoms with Gasteiger partial charge in [0, 0.05) is 0 Å². The Morgan fingerprint density at radius 3 is 2.24 bits per heavy atom. The van der Waals surface area contributed by atoms with Crippen molar-refractivity contribution in [2.24, 2.45) is 0 Å². The molecular formula is C17H17ClO3. The van der Waals surface area contributed by atoms with E-state index in [1.54, 1.807) is 12.1 Å². The first-order valence-electron chi connectivity index (χ1n) is 6.59. The predicted molar refractivity (Wildman–Crippen MR) is 83.6 cm³/mol. The van der Waals surface area contributed by atoms with Crippen LogP contribution >= 0.6 is 11.6 Å². The number of carboxylic acids is 1. The molecule has 0 fully saturated rings. The van der Waals surface area contributed by atoms with Gasteiger partial charge in [-0.2, -0.15) is 0 Å². The Morgan fingerprint density at radius 1 is 1.10 bits per heavy atom. The average Bonchev–Trinajstić information content (AvgIpc) is 2.38. The second kappa shape index (κ2) is 5.78. The Hall–Kier alpha value is -2.00. The number of aromatic carboxylic acids is 1. The zero-order valence-electron chi connectivity index (χ0n) is 12.2. The molecule has 0 amide bonds. The van der Waals surface area contributed by atoms with Gasteiger partial charge >= 0.3 is 5.97 Å². The molecule has 110 valence electrons. The first-order chi connectivity index (χ1) is 9.79. The number of ether oxygens (including phenoxy) is 1. The van der Waals surface area contributed by atoms with E-state index in [0.29, 0.717) is 5.75 Å². The monoisotopic (exact) mass is 304 g/mol. The van der Waals surface area contributed by atoms with Crippen LogP contribution in [-0.4, -0.2) is 11.1 Å². The Kier molecular flexibility index (Phi) is 4.24. The number of hydrogen-bond acceptors (Lipinski definition) is 2. The van der Waals surface area contributed by atoms with Crippen LogP contribution in [0.1, 0.15) is 36.7 Å². The number of benzene rings is 2. The summed E-state index contributed by atoms with van der Waals surface area (Å²) in [5.41, 5.74) is 1.21. The average molecular weight is 305 g/mol. The zero-order chi connectivity index (χ0) is 15.6. The van der Waals surface area contributed by atoms with Crippen LogP contribution in [0.3, 0.4) is 0 Å². The van der Waals surface area contributed by atoms with Crippen molar-refractivity contribution in [1.29, 1.82) is 0 Å². The molecule has 0 aliphatic carbocycles. The van der Waals surface area contributed by atoms with E-state index in [-0.39, 0.29) is 21.8 Å². The maximum Gasteiger partial charge on any atom is 0.341 e. The summed E-state index contributed by atoms with van der Waals surface area (Å²) in [6, 6.07) is 12.4. The summed E-state index contributed by atoms with van der Waals surface area (Å²) >= 11 is 5.91. The maximum absolute atomic E-state index is 11.3. The molecule has 0 saturated heterocycles. The molecular weight excluding hydrogens is 288 g/mol. The van der Waals surface area contributed by atoms with Crippen LogP contribution in [-0.2, 0) is 5.41 Å². The van der Waals surface area contributed by atoms with E-state index in [0.717, 1.165) is 0 Å². The fraction of sp³-hybridized carbons (Fsp3) is 0.235. The standard InChI is InChI=1S/C17H17ClO3/c1-17(2,3)11-7-9-12(10-8-11)21-14-6-4-5-13(18)15(14)16(19)20/h4-10H,1-3H3,(H,19,20). The van der Waals surface area contributed by atoms with Crippen molar-refractivity contribution in [3.8, 4) is 11.5 Å². The SMILES string of the molecule is CC(C)(C)c1ccc(Oc2cccc(Cl)c2C(=O)O)cc1. The van der Waals surface area contributed by atoms with Crippen LogP contribution in [0.25, 0.3) is 0 Å².